The van der Waals surface area contributed by atoms with Crippen molar-refractivity contribution in [3.63, 3.8) is 0 Å². The normalized spacial score (nSPS) is 10.5. The Bertz CT molecular complexity index is 471. The molecule has 0 unspecified atom stereocenters. The second kappa shape index (κ2) is 6.69. The van der Waals surface area contributed by atoms with Crippen LogP contribution in [0.15, 0.2) is 18.2 Å². The lowest BCUT2D eigenvalue weighted by atomic mass is 10.2. The summed E-state index contributed by atoms with van der Waals surface area (Å²) < 4.78 is 10.5. The molecule has 0 amide bonds. The fourth-order valence-corrected chi connectivity index (χ4v) is 1.35. The number of carboxylic acid groups (broad SMARTS) is 1. The molecular formula is C12H15NO6. The number of hydrogen-bond donors (Lipinski definition) is 1. The van der Waals surface area contributed by atoms with Gasteiger partial charge in [0.2, 0.25) is 0 Å². The zero-order chi connectivity index (χ0) is 14.4. The van der Waals surface area contributed by atoms with E-state index < -0.39 is 10.9 Å². The van der Waals surface area contributed by atoms with Gasteiger partial charge in [-0.25, -0.2) is 4.79 Å². The van der Waals surface area contributed by atoms with Crippen molar-refractivity contribution in [1.82, 2.24) is 0 Å². The molecule has 0 saturated heterocycles. The van der Waals surface area contributed by atoms with Crippen molar-refractivity contribution in [2.24, 2.45) is 0 Å². The van der Waals surface area contributed by atoms with Crippen LogP contribution in [0.3, 0.4) is 0 Å². The summed E-state index contributed by atoms with van der Waals surface area (Å²) in [5, 5.41) is 19.6. The van der Waals surface area contributed by atoms with E-state index in [1.807, 2.05) is 13.8 Å². The molecule has 0 spiro atoms. The van der Waals surface area contributed by atoms with Gasteiger partial charge in [-0.3, -0.25) is 10.1 Å². The molecule has 1 N–H and O–H groups in total. The molecule has 0 aromatic heterocycles. The highest BCUT2D eigenvalue weighted by Gasteiger charge is 2.18. The predicted molar refractivity (Wildman–Crippen MR) is 66.6 cm³/mol. The SMILES string of the molecule is CC(C)OCCOc1ccc(C(=O)O)cc1[N+](=O)[O-]. The fourth-order valence-electron chi connectivity index (χ4n) is 1.35. The molecular weight excluding hydrogens is 254 g/mol. The minimum absolute atomic E-state index is 0.0300. The molecule has 104 valence electrons. The number of hydrogen-bond acceptors (Lipinski definition) is 5. The second-order valence-corrected chi connectivity index (χ2v) is 4.01. The second-order valence-electron chi connectivity index (χ2n) is 4.01. The van der Waals surface area contributed by atoms with Crippen LogP contribution in [-0.4, -0.2) is 35.3 Å². The van der Waals surface area contributed by atoms with Crippen LogP contribution in [0.5, 0.6) is 5.75 Å². The molecule has 1 aromatic rings. The Hall–Kier alpha value is -2.15. The van der Waals surface area contributed by atoms with Gasteiger partial charge in [0.15, 0.2) is 5.75 Å². The number of carbonyl (C=O) groups is 1. The topological polar surface area (TPSA) is 98.9 Å². The molecule has 0 fully saturated rings. The van der Waals surface area contributed by atoms with E-state index in [9.17, 15) is 14.9 Å². The Morgan fingerprint density at radius 3 is 2.63 bits per heavy atom. The maximum absolute atomic E-state index is 10.8. The lowest BCUT2D eigenvalue weighted by Crippen LogP contribution is -2.12. The van der Waals surface area contributed by atoms with E-state index in [0.717, 1.165) is 6.07 Å². The van der Waals surface area contributed by atoms with Gasteiger partial charge in [-0.15, -0.1) is 0 Å². The van der Waals surface area contributed by atoms with Crippen molar-refractivity contribution in [1.29, 1.82) is 0 Å². The predicted octanol–water partition coefficient (Wildman–Crippen LogP) is 2.10. The summed E-state index contributed by atoms with van der Waals surface area (Å²) in [4.78, 5) is 20.9. The zero-order valence-corrected chi connectivity index (χ0v) is 10.7. The van der Waals surface area contributed by atoms with Crippen LogP contribution in [0.1, 0.15) is 24.2 Å². The number of nitrogens with zero attached hydrogens (tertiary/aromatic N) is 1. The highest BCUT2D eigenvalue weighted by molar-refractivity contribution is 5.88. The molecule has 0 bridgehead atoms. The third-order valence-corrected chi connectivity index (χ3v) is 2.19. The minimum atomic E-state index is -1.22. The molecule has 0 radical (unpaired) electrons. The summed E-state index contributed by atoms with van der Waals surface area (Å²) in [6, 6.07) is 3.51. The van der Waals surface area contributed by atoms with Gasteiger partial charge in [-0.05, 0) is 26.0 Å². The largest absolute Gasteiger partial charge is 0.484 e. The van der Waals surface area contributed by atoms with Crippen LogP contribution in [-0.2, 0) is 4.74 Å². The molecule has 19 heavy (non-hydrogen) atoms. The van der Waals surface area contributed by atoms with Gasteiger partial charge in [0, 0.05) is 6.07 Å². The Morgan fingerprint density at radius 2 is 2.11 bits per heavy atom. The molecule has 0 heterocycles. The van der Waals surface area contributed by atoms with Crippen molar-refractivity contribution in [3.8, 4) is 5.75 Å². The third-order valence-electron chi connectivity index (χ3n) is 2.19. The first kappa shape index (κ1) is 14.9. The van der Waals surface area contributed by atoms with Crippen LogP contribution in [0.4, 0.5) is 5.69 Å². The Kier molecular flexibility index (Phi) is 5.25. The van der Waals surface area contributed by atoms with Crippen LogP contribution in [0.2, 0.25) is 0 Å². The van der Waals surface area contributed by atoms with Crippen molar-refractivity contribution >= 4 is 11.7 Å². The van der Waals surface area contributed by atoms with Crippen molar-refractivity contribution < 1.29 is 24.3 Å². The van der Waals surface area contributed by atoms with Gasteiger partial charge in [0.05, 0.1) is 23.2 Å². The quantitative estimate of drug-likeness (QED) is 0.462. The summed E-state index contributed by atoms with van der Waals surface area (Å²) in [5.74, 6) is -1.19. The third kappa shape index (κ3) is 4.55. The molecule has 1 rings (SSSR count). The monoisotopic (exact) mass is 269 g/mol. The fraction of sp³-hybridized carbons (Fsp3) is 0.417. The number of rotatable bonds is 7. The number of aromatic carboxylic acids is 1. The van der Waals surface area contributed by atoms with Crippen LogP contribution in [0.25, 0.3) is 0 Å². The van der Waals surface area contributed by atoms with Gasteiger partial charge < -0.3 is 14.6 Å². The molecule has 0 atom stereocenters. The van der Waals surface area contributed by atoms with E-state index in [1.54, 1.807) is 0 Å². The number of carboxylic acids is 1. The van der Waals surface area contributed by atoms with Gasteiger partial charge in [-0.1, -0.05) is 0 Å². The van der Waals surface area contributed by atoms with Crippen LogP contribution < -0.4 is 4.74 Å². The van der Waals surface area contributed by atoms with Crippen molar-refractivity contribution in [2.45, 2.75) is 20.0 Å². The smallest absolute Gasteiger partial charge is 0.335 e. The van der Waals surface area contributed by atoms with Crippen molar-refractivity contribution in [2.75, 3.05) is 13.2 Å². The average Bonchev–Trinajstić information content (AvgIpc) is 2.34. The maximum atomic E-state index is 10.8. The Labute approximate surface area is 109 Å². The van der Waals surface area contributed by atoms with E-state index in [0.29, 0.717) is 6.61 Å². The number of nitro benzene ring substituents is 1. The van der Waals surface area contributed by atoms with E-state index in [4.69, 9.17) is 14.6 Å². The molecule has 1 aromatic carbocycles. The molecule has 7 heteroatoms. The zero-order valence-electron chi connectivity index (χ0n) is 10.7. The molecule has 7 nitrogen and oxygen atoms in total. The molecule has 0 saturated carbocycles. The lowest BCUT2D eigenvalue weighted by Gasteiger charge is -2.09. The number of benzene rings is 1. The van der Waals surface area contributed by atoms with Gasteiger partial charge in [-0.2, -0.15) is 0 Å². The standard InChI is InChI=1S/C12H15NO6/c1-8(2)18-5-6-19-11-4-3-9(12(14)15)7-10(11)13(16)17/h3-4,7-8H,5-6H2,1-2H3,(H,14,15). The van der Waals surface area contributed by atoms with Crippen LogP contribution in [0, 0.1) is 10.1 Å². The lowest BCUT2D eigenvalue weighted by molar-refractivity contribution is -0.385. The summed E-state index contributed by atoms with van der Waals surface area (Å²) >= 11 is 0. The summed E-state index contributed by atoms with van der Waals surface area (Å²) in [5.41, 5.74) is -0.526. The van der Waals surface area contributed by atoms with Gasteiger partial charge in [0.1, 0.15) is 6.61 Å². The molecule has 0 aliphatic carbocycles. The summed E-state index contributed by atoms with van der Waals surface area (Å²) in [7, 11) is 0. The summed E-state index contributed by atoms with van der Waals surface area (Å²) in [6.45, 7) is 4.19. The maximum Gasteiger partial charge on any atom is 0.335 e. The van der Waals surface area contributed by atoms with E-state index in [2.05, 4.69) is 0 Å². The van der Waals surface area contributed by atoms with Crippen LogP contribution >= 0.6 is 0 Å². The van der Waals surface area contributed by atoms with E-state index in [-0.39, 0.29) is 29.7 Å². The average molecular weight is 269 g/mol. The van der Waals surface area contributed by atoms with Gasteiger partial charge >= 0.3 is 11.7 Å². The minimum Gasteiger partial charge on any atom is -0.484 e. The first-order chi connectivity index (χ1) is 8.91. The Morgan fingerprint density at radius 1 is 1.42 bits per heavy atom. The highest BCUT2D eigenvalue weighted by Crippen LogP contribution is 2.27. The first-order valence-electron chi connectivity index (χ1n) is 5.68. The Balaban J connectivity index is 2.77. The molecule has 0 aliphatic rings. The van der Waals surface area contributed by atoms with Crippen molar-refractivity contribution in [3.05, 3.63) is 33.9 Å². The van der Waals surface area contributed by atoms with Gasteiger partial charge in [0.25, 0.3) is 0 Å². The summed E-state index contributed by atoms with van der Waals surface area (Å²) in [6.07, 6.45) is 0.0490. The number of ether oxygens (including phenoxy) is 2. The molecule has 0 aliphatic heterocycles. The number of nitro groups is 1. The van der Waals surface area contributed by atoms with E-state index >= 15 is 0 Å². The highest BCUT2D eigenvalue weighted by atomic mass is 16.6. The van der Waals surface area contributed by atoms with E-state index in [1.165, 1.54) is 12.1 Å². The first-order valence-corrected chi connectivity index (χ1v) is 5.68.